The number of amides is 1. The Kier molecular flexibility index (Phi) is 9.62. The first-order valence-corrected chi connectivity index (χ1v) is 16.9. The number of hydrogen-bond donors (Lipinski definition) is 1. The van der Waals surface area contributed by atoms with Gasteiger partial charge in [-0.2, -0.15) is 10.4 Å². The molecule has 206 valence electrons. The minimum Gasteiger partial charge on any atom is -0.486 e. The molecule has 4 aromatic rings. The van der Waals surface area contributed by atoms with Crippen LogP contribution in [0.25, 0.3) is 22.2 Å². The molecule has 3 aromatic heterocycles. The number of hydrogen-bond acceptors (Lipinski definition) is 7. The highest BCUT2D eigenvalue weighted by atomic mass is 127. The number of carbonyl (C=O) groups excluding carboxylic acids is 2. The largest absolute Gasteiger partial charge is 0.486 e. The molecule has 2 atom stereocenters. The summed E-state index contributed by atoms with van der Waals surface area (Å²) in [5.74, 6) is 0.0910. The molecule has 0 bridgehead atoms. The molecule has 1 aromatic carbocycles. The molecule has 0 spiro atoms. The van der Waals surface area contributed by atoms with Gasteiger partial charge in [0.05, 0.1) is 27.5 Å². The molecule has 13 heteroatoms. The van der Waals surface area contributed by atoms with E-state index in [1.807, 2.05) is 43.4 Å². The van der Waals surface area contributed by atoms with E-state index in [1.54, 1.807) is 6.07 Å². The summed E-state index contributed by atoms with van der Waals surface area (Å²) in [6, 6.07) is 9.31. The average Bonchev–Trinajstić information content (AvgIpc) is 3.29. The molecule has 0 saturated carbocycles. The predicted molar refractivity (Wildman–Crippen MR) is 166 cm³/mol. The summed E-state index contributed by atoms with van der Waals surface area (Å²) in [5, 5.41) is 19.0. The lowest BCUT2D eigenvalue weighted by Gasteiger charge is -2.22. The van der Waals surface area contributed by atoms with E-state index in [4.69, 9.17) is 33.0 Å². The lowest BCUT2D eigenvalue weighted by molar-refractivity contribution is -0.109. The monoisotopic (exact) mass is 708 g/mol. The molecular formula is C27H24Cl2IN6O3P. The van der Waals surface area contributed by atoms with Crippen LogP contribution in [0.4, 0.5) is 0 Å². The van der Waals surface area contributed by atoms with Gasteiger partial charge in [0, 0.05) is 48.1 Å². The van der Waals surface area contributed by atoms with E-state index in [2.05, 4.69) is 43.4 Å². The molecule has 40 heavy (non-hydrogen) atoms. The van der Waals surface area contributed by atoms with Crippen LogP contribution in [0.1, 0.15) is 54.9 Å². The molecule has 1 N–H and O–H groups in total. The van der Waals surface area contributed by atoms with Crippen molar-refractivity contribution < 1.29 is 14.3 Å². The van der Waals surface area contributed by atoms with Gasteiger partial charge in [0.1, 0.15) is 35.6 Å². The Labute approximate surface area is 255 Å². The highest BCUT2D eigenvalue weighted by Crippen LogP contribution is 2.38. The van der Waals surface area contributed by atoms with E-state index in [9.17, 15) is 14.9 Å². The Balaban J connectivity index is 1.68. The van der Waals surface area contributed by atoms with Gasteiger partial charge in [-0.3, -0.25) is 9.78 Å². The van der Waals surface area contributed by atoms with Crippen LogP contribution < -0.4 is 10.1 Å². The van der Waals surface area contributed by atoms with Gasteiger partial charge in [-0.15, -0.1) is 0 Å². The van der Waals surface area contributed by atoms with E-state index in [-0.39, 0.29) is 17.8 Å². The Bertz CT molecular complexity index is 1620. The number of fused-ring (bicyclic) bond motifs is 1. The van der Waals surface area contributed by atoms with Crippen LogP contribution in [0, 0.1) is 16.7 Å². The minimum absolute atomic E-state index is 0.0108. The third-order valence-electron chi connectivity index (χ3n) is 6.20. The molecule has 0 saturated heterocycles. The van der Waals surface area contributed by atoms with Crippen molar-refractivity contribution in [3.63, 3.8) is 0 Å². The smallest absolute Gasteiger partial charge is 0.271 e. The summed E-state index contributed by atoms with van der Waals surface area (Å²) in [6.07, 6.45) is 5.55. The number of aldehydes is 1. The first kappa shape index (κ1) is 30.1. The van der Waals surface area contributed by atoms with Crippen LogP contribution in [-0.2, 0) is 4.79 Å². The van der Waals surface area contributed by atoms with Gasteiger partial charge in [0.25, 0.3) is 5.91 Å². The molecule has 4 rings (SSSR count). The van der Waals surface area contributed by atoms with E-state index >= 15 is 0 Å². The Morgan fingerprint density at radius 3 is 2.65 bits per heavy atom. The number of aromatic nitrogens is 4. The zero-order valence-electron chi connectivity index (χ0n) is 21.7. The quantitative estimate of drug-likeness (QED) is 0.108. The zero-order chi connectivity index (χ0) is 29.0. The van der Waals surface area contributed by atoms with Crippen molar-refractivity contribution in [2.45, 2.75) is 33.3 Å². The molecule has 3 heterocycles. The van der Waals surface area contributed by atoms with Gasteiger partial charge in [-0.05, 0) is 58.6 Å². The summed E-state index contributed by atoms with van der Waals surface area (Å²) >= 11 is 14.9. The fourth-order valence-electron chi connectivity index (χ4n) is 4.08. The number of benzene rings is 1. The molecule has 0 radical (unpaired) electrons. The number of nitrogens with zero attached hydrogens (tertiary/aromatic N) is 5. The van der Waals surface area contributed by atoms with Gasteiger partial charge in [-0.25, -0.2) is 9.44 Å². The van der Waals surface area contributed by atoms with Crippen LogP contribution in [0.5, 0.6) is 5.75 Å². The van der Waals surface area contributed by atoms with Crippen LogP contribution >= 0.6 is 51.6 Å². The number of halogens is 3. The third kappa shape index (κ3) is 6.55. The fourth-order valence-corrected chi connectivity index (χ4v) is 6.28. The van der Waals surface area contributed by atoms with Gasteiger partial charge >= 0.3 is 0 Å². The summed E-state index contributed by atoms with van der Waals surface area (Å²) in [5.41, 5.74) is 2.40. The fraction of sp³-hybridized carbons (Fsp3) is 0.259. The molecule has 0 fully saturated rings. The molecule has 1 amide bonds. The number of pyridine rings is 2. The van der Waals surface area contributed by atoms with Crippen LogP contribution in [0.15, 0.2) is 42.9 Å². The summed E-state index contributed by atoms with van der Waals surface area (Å²) in [6.45, 7) is 5.86. The number of rotatable bonds is 10. The number of nitrogens with one attached hydrogen (secondary N) is 1. The minimum atomic E-state index is -0.482. The van der Waals surface area contributed by atoms with Crippen molar-refractivity contribution in [3.05, 3.63) is 69.7 Å². The van der Waals surface area contributed by atoms with Crippen molar-refractivity contribution in [3.8, 4) is 23.1 Å². The summed E-state index contributed by atoms with van der Waals surface area (Å²) in [4.78, 5) is 32.0. The van der Waals surface area contributed by atoms with E-state index < -0.39 is 17.4 Å². The van der Waals surface area contributed by atoms with Crippen LogP contribution in [0.3, 0.4) is 0 Å². The van der Waals surface area contributed by atoms with Crippen molar-refractivity contribution in [2.75, 3.05) is 6.54 Å². The predicted octanol–water partition coefficient (Wildman–Crippen LogP) is 6.95. The van der Waals surface area contributed by atoms with Crippen molar-refractivity contribution in [1.82, 2.24) is 24.8 Å². The maximum atomic E-state index is 12.8. The Morgan fingerprint density at radius 1 is 1.27 bits per heavy atom. The summed E-state index contributed by atoms with van der Waals surface area (Å²) < 4.78 is 8.05. The maximum absolute atomic E-state index is 12.8. The highest BCUT2D eigenvalue weighted by Gasteiger charge is 2.23. The van der Waals surface area contributed by atoms with Crippen molar-refractivity contribution >= 4 is 74.7 Å². The van der Waals surface area contributed by atoms with Crippen molar-refractivity contribution in [2.24, 2.45) is 5.41 Å². The van der Waals surface area contributed by atoms with Gasteiger partial charge in [0.15, 0.2) is 0 Å². The first-order chi connectivity index (χ1) is 19.1. The SMILES string of the molecule is C[C@@H](Oc1ccc2c(c1)c(-c1cnc(C(=O)NCC(C)(C)CC=O)c(C#N)c1)nn2PI)c1c(Cl)cncc1Cl. The van der Waals surface area contributed by atoms with Gasteiger partial charge in [0.2, 0.25) is 0 Å². The van der Waals surface area contributed by atoms with Crippen molar-refractivity contribution in [1.29, 1.82) is 5.26 Å². The van der Waals surface area contributed by atoms with Crippen LogP contribution in [-0.4, -0.2) is 38.3 Å². The average molecular weight is 709 g/mol. The molecule has 0 aliphatic rings. The molecule has 1 unspecified atom stereocenters. The maximum Gasteiger partial charge on any atom is 0.271 e. The second-order valence-electron chi connectivity index (χ2n) is 9.75. The standard InChI is InChI=1S/C27H24Cl2IN6O3P/c1-15(23-20(28)12-32-13-21(23)29)39-18-4-5-22-19(9-18)24(35-36(22)40-30)17-8-16(10-31)25(33-11-17)26(38)34-14-27(2,3)6-7-37/h4-5,7-9,11-13,15,40H,6,14H2,1-3H3,(H,34,38)/t15-/m1/s1. The Hall–Kier alpha value is -2.84. The molecule has 9 nitrogen and oxygen atoms in total. The first-order valence-electron chi connectivity index (χ1n) is 12.1. The number of nitriles is 1. The zero-order valence-corrected chi connectivity index (χ0v) is 26.4. The molecule has 0 aliphatic heterocycles. The van der Waals surface area contributed by atoms with Crippen LogP contribution in [0.2, 0.25) is 10.0 Å². The van der Waals surface area contributed by atoms with Gasteiger partial charge in [-0.1, -0.05) is 37.0 Å². The number of carbonyl (C=O) groups is 2. The Morgan fingerprint density at radius 2 is 2.00 bits per heavy atom. The topological polar surface area (TPSA) is 123 Å². The lowest BCUT2D eigenvalue weighted by atomic mass is 9.90. The number of ether oxygens (including phenoxy) is 1. The summed E-state index contributed by atoms with van der Waals surface area (Å²) in [7, 11) is 0. The normalized spacial score (nSPS) is 12.4. The van der Waals surface area contributed by atoms with E-state index in [0.717, 1.165) is 17.2 Å². The highest BCUT2D eigenvalue weighted by molar-refractivity contribution is 14.2. The van der Waals surface area contributed by atoms with E-state index in [0.29, 0.717) is 45.4 Å². The second kappa shape index (κ2) is 12.8. The third-order valence-corrected chi connectivity index (χ3v) is 8.68. The van der Waals surface area contributed by atoms with E-state index in [1.165, 1.54) is 18.6 Å². The molecular weight excluding hydrogens is 685 g/mol. The molecule has 0 aliphatic carbocycles. The van der Waals surface area contributed by atoms with Gasteiger partial charge < -0.3 is 14.8 Å². The second-order valence-corrected chi connectivity index (χ2v) is 12.6. The lowest BCUT2D eigenvalue weighted by Crippen LogP contribution is -2.35.